The predicted molar refractivity (Wildman–Crippen MR) is 90.9 cm³/mol. The van der Waals surface area contributed by atoms with Crippen LogP contribution in [0.4, 0.5) is 0 Å². The van der Waals surface area contributed by atoms with E-state index in [-0.39, 0.29) is 17.0 Å². The largest absolute Gasteiger partial charge is 0.465 e. The van der Waals surface area contributed by atoms with Crippen molar-refractivity contribution in [3.05, 3.63) is 77.7 Å². The molecule has 0 unspecified atom stereocenters. The highest BCUT2D eigenvalue weighted by molar-refractivity contribution is 6.05. The van der Waals surface area contributed by atoms with E-state index < -0.39 is 5.97 Å². The number of methoxy groups -OCH3 is 1. The number of hydrogen-bond donors (Lipinski definition) is 1. The van der Waals surface area contributed by atoms with Gasteiger partial charge < -0.3 is 14.5 Å². The fourth-order valence-corrected chi connectivity index (χ4v) is 2.39. The Bertz CT molecular complexity index is 888. The van der Waals surface area contributed by atoms with Crippen LogP contribution in [0.2, 0.25) is 0 Å². The summed E-state index contributed by atoms with van der Waals surface area (Å²) in [5.41, 5.74) is 2.06. The lowest BCUT2D eigenvalue weighted by atomic mass is 10.1. The molecule has 0 saturated heterocycles. The quantitative estimate of drug-likeness (QED) is 0.724. The normalized spacial score (nSPS) is 10.3. The smallest absolute Gasteiger partial charge is 0.338 e. The molecular weight excluding hydrogens is 320 g/mol. The van der Waals surface area contributed by atoms with Gasteiger partial charge in [0.2, 0.25) is 0 Å². The zero-order valence-electron chi connectivity index (χ0n) is 13.6. The summed E-state index contributed by atoms with van der Waals surface area (Å²) in [4.78, 5) is 28.4. The zero-order valence-corrected chi connectivity index (χ0v) is 13.6. The van der Waals surface area contributed by atoms with Crippen LogP contribution in [-0.4, -0.2) is 24.0 Å². The fourth-order valence-electron chi connectivity index (χ4n) is 2.39. The first kappa shape index (κ1) is 16.4. The monoisotopic (exact) mass is 336 g/mol. The molecule has 126 valence electrons. The second-order valence-corrected chi connectivity index (χ2v) is 5.25. The van der Waals surface area contributed by atoms with E-state index >= 15 is 0 Å². The van der Waals surface area contributed by atoms with Crippen molar-refractivity contribution in [3.63, 3.8) is 0 Å². The highest BCUT2D eigenvalue weighted by Gasteiger charge is 2.16. The number of nitrogens with one attached hydrogen (secondary N) is 1. The molecule has 3 rings (SSSR count). The molecule has 25 heavy (non-hydrogen) atoms. The van der Waals surface area contributed by atoms with Crippen molar-refractivity contribution in [1.82, 2.24) is 10.3 Å². The molecule has 0 aliphatic heterocycles. The average Bonchev–Trinajstić information content (AvgIpc) is 3.20. The summed E-state index contributed by atoms with van der Waals surface area (Å²) in [6.07, 6.45) is 3.23. The SMILES string of the molecule is COC(=O)c1ccccc1C(=O)NCc1ccnc(-c2ccco2)c1. The number of furan rings is 1. The number of carbonyl (C=O) groups excluding carboxylic acids is 2. The minimum atomic E-state index is -0.547. The molecule has 0 radical (unpaired) electrons. The molecule has 1 N–H and O–H groups in total. The molecular formula is C19H16N2O4. The Hall–Kier alpha value is -3.41. The number of ether oxygens (including phenoxy) is 1. The van der Waals surface area contributed by atoms with E-state index in [1.807, 2.05) is 12.1 Å². The Morgan fingerprint density at radius 1 is 1.12 bits per heavy atom. The third-order valence-electron chi connectivity index (χ3n) is 3.63. The minimum absolute atomic E-state index is 0.230. The highest BCUT2D eigenvalue weighted by atomic mass is 16.5. The summed E-state index contributed by atoms with van der Waals surface area (Å²) in [5.74, 6) is -0.239. The zero-order chi connectivity index (χ0) is 17.6. The van der Waals surface area contributed by atoms with Crippen molar-refractivity contribution < 1.29 is 18.7 Å². The maximum atomic E-state index is 12.4. The van der Waals surface area contributed by atoms with Crippen LogP contribution in [0.5, 0.6) is 0 Å². The second kappa shape index (κ2) is 7.44. The first-order valence-corrected chi connectivity index (χ1v) is 7.63. The van der Waals surface area contributed by atoms with Crippen LogP contribution in [0.15, 0.2) is 65.4 Å². The molecule has 0 saturated carbocycles. The minimum Gasteiger partial charge on any atom is -0.465 e. The first-order valence-electron chi connectivity index (χ1n) is 7.63. The summed E-state index contributed by atoms with van der Waals surface area (Å²) < 4.78 is 10.0. The van der Waals surface area contributed by atoms with Crippen LogP contribution in [0, 0.1) is 0 Å². The van der Waals surface area contributed by atoms with E-state index in [9.17, 15) is 9.59 Å². The van der Waals surface area contributed by atoms with E-state index in [1.54, 1.807) is 48.9 Å². The molecule has 2 aromatic heterocycles. The maximum Gasteiger partial charge on any atom is 0.338 e. The molecule has 0 aliphatic rings. The molecule has 0 fully saturated rings. The lowest BCUT2D eigenvalue weighted by molar-refractivity contribution is 0.0596. The molecule has 6 heteroatoms. The van der Waals surface area contributed by atoms with Gasteiger partial charge >= 0.3 is 5.97 Å². The van der Waals surface area contributed by atoms with E-state index in [0.29, 0.717) is 18.0 Å². The lowest BCUT2D eigenvalue weighted by Gasteiger charge is -2.09. The molecule has 0 atom stereocenters. The van der Waals surface area contributed by atoms with Gasteiger partial charge in [-0.05, 0) is 42.0 Å². The highest BCUT2D eigenvalue weighted by Crippen LogP contribution is 2.18. The van der Waals surface area contributed by atoms with Gasteiger partial charge in [0.05, 0.1) is 24.5 Å². The van der Waals surface area contributed by atoms with Crippen molar-refractivity contribution in [2.45, 2.75) is 6.54 Å². The summed E-state index contributed by atoms with van der Waals surface area (Å²) in [7, 11) is 1.28. The van der Waals surface area contributed by atoms with E-state index in [4.69, 9.17) is 9.15 Å². The van der Waals surface area contributed by atoms with Crippen molar-refractivity contribution >= 4 is 11.9 Å². The van der Waals surface area contributed by atoms with Crippen LogP contribution in [0.3, 0.4) is 0 Å². The van der Waals surface area contributed by atoms with Crippen LogP contribution in [0.25, 0.3) is 11.5 Å². The number of benzene rings is 1. The Morgan fingerprint density at radius 3 is 2.64 bits per heavy atom. The molecule has 1 aromatic carbocycles. The van der Waals surface area contributed by atoms with Gasteiger partial charge in [-0.1, -0.05) is 12.1 Å². The number of hydrogen-bond acceptors (Lipinski definition) is 5. The van der Waals surface area contributed by atoms with Gasteiger partial charge in [-0.2, -0.15) is 0 Å². The van der Waals surface area contributed by atoms with Crippen LogP contribution in [0.1, 0.15) is 26.3 Å². The summed E-state index contributed by atoms with van der Waals surface area (Å²) >= 11 is 0. The van der Waals surface area contributed by atoms with Crippen molar-refractivity contribution in [3.8, 4) is 11.5 Å². The lowest BCUT2D eigenvalue weighted by Crippen LogP contribution is -2.25. The second-order valence-electron chi connectivity index (χ2n) is 5.25. The van der Waals surface area contributed by atoms with Gasteiger partial charge in [0.25, 0.3) is 5.91 Å². The molecule has 2 heterocycles. The molecule has 3 aromatic rings. The number of carbonyl (C=O) groups is 2. The van der Waals surface area contributed by atoms with Crippen LogP contribution >= 0.6 is 0 Å². The van der Waals surface area contributed by atoms with Gasteiger partial charge in [-0.3, -0.25) is 9.78 Å². The molecule has 0 bridgehead atoms. The summed E-state index contributed by atoms with van der Waals surface area (Å²) in [5, 5.41) is 2.80. The molecule has 0 spiro atoms. The number of aromatic nitrogens is 1. The van der Waals surface area contributed by atoms with Gasteiger partial charge in [-0.15, -0.1) is 0 Å². The number of amides is 1. The number of nitrogens with zero attached hydrogens (tertiary/aromatic N) is 1. The number of pyridine rings is 1. The Labute approximate surface area is 144 Å². The van der Waals surface area contributed by atoms with Gasteiger partial charge in [0, 0.05) is 12.7 Å². The fraction of sp³-hybridized carbons (Fsp3) is 0.105. The average molecular weight is 336 g/mol. The summed E-state index contributed by atoms with van der Waals surface area (Å²) in [6, 6.07) is 13.8. The van der Waals surface area contributed by atoms with Gasteiger partial charge in [0.15, 0.2) is 5.76 Å². The van der Waals surface area contributed by atoms with Crippen molar-refractivity contribution in [1.29, 1.82) is 0 Å². The molecule has 0 aliphatic carbocycles. The van der Waals surface area contributed by atoms with E-state index in [1.165, 1.54) is 7.11 Å². The van der Waals surface area contributed by atoms with Crippen LogP contribution < -0.4 is 5.32 Å². The first-order chi connectivity index (χ1) is 12.2. The standard InChI is InChI=1S/C19H16N2O4/c1-24-19(23)15-6-3-2-5-14(15)18(22)21-12-13-8-9-20-16(11-13)17-7-4-10-25-17/h2-11H,12H2,1H3,(H,21,22). The summed E-state index contributed by atoms with van der Waals surface area (Å²) in [6.45, 7) is 0.296. The van der Waals surface area contributed by atoms with E-state index in [0.717, 1.165) is 5.56 Å². The van der Waals surface area contributed by atoms with Crippen LogP contribution in [-0.2, 0) is 11.3 Å². The third kappa shape index (κ3) is 3.74. The Kier molecular flexibility index (Phi) is 4.89. The Balaban J connectivity index is 1.73. The van der Waals surface area contributed by atoms with E-state index in [2.05, 4.69) is 10.3 Å². The van der Waals surface area contributed by atoms with Crippen molar-refractivity contribution in [2.24, 2.45) is 0 Å². The molecule has 6 nitrogen and oxygen atoms in total. The topological polar surface area (TPSA) is 81.4 Å². The van der Waals surface area contributed by atoms with Gasteiger partial charge in [-0.25, -0.2) is 4.79 Å². The maximum absolute atomic E-state index is 12.4. The third-order valence-corrected chi connectivity index (χ3v) is 3.63. The number of esters is 1. The van der Waals surface area contributed by atoms with Crippen molar-refractivity contribution in [2.75, 3.05) is 7.11 Å². The van der Waals surface area contributed by atoms with Gasteiger partial charge in [0.1, 0.15) is 5.69 Å². The molecule has 1 amide bonds. The predicted octanol–water partition coefficient (Wildman–Crippen LogP) is 3.06. The Morgan fingerprint density at radius 2 is 1.92 bits per heavy atom. The number of rotatable bonds is 5.